The molecule has 10 nitrogen and oxygen atoms in total. The average Bonchev–Trinajstić information content (AvgIpc) is 2.43. The molecule has 0 atom stereocenters. The molecule has 0 aromatic carbocycles. The summed E-state index contributed by atoms with van der Waals surface area (Å²) >= 11 is 0. The van der Waals surface area contributed by atoms with E-state index in [-0.39, 0.29) is 11.7 Å². The molecule has 0 unspecified atom stereocenters. The second kappa shape index (κ2) is 6.33. The first-order valence-electron chi connectivity index (χ1n) is 5.06. The van der Waals surface area contributed by atoms with E-state index >= 15 is 0 Å². The molecular weight excluding hydrogens is 256 g/mol. The number of nitrogens with one attached hydrogen (secondary N) is 3. The van der Waals surface area contributed by atoms with Crippen molar-refractivity contribution in [2.24, 2.45) is 10.2 Å². The highest BCUT2D eigenvalue weighted by atomic mass is 16.5. The van der Waals surface area contributed by atoms with Gasteiger partial charge in [0.2, 0.25) is 11.7 Å². The number of hydrazone groups is 2. The first-order valence-corrected chi connectivity index (χ1v) is 5.06. The summed E-state index contributed by atoms with van der Waals surface area (Å²) in [4.78, 5) is 35.0. The molecule has 0 aromatic rings. The summed E-state index contributed by atoms with van der Waals surface area (Å²) in [5.41, 5.74) is 4.62. The third-order valence-corrected chi connectivity index (χ3v) is 1.89. The zero-order valence-corrected chi connectivity index (χ0v) is 10.6. The number of amidine groups is 2. The highest BCUT2D eigenvalue weighted by Gasteiger charge is 2.21. The van der Waals surface area contributed by atoms with Crippen molar-refractivity contribution in [2.45, 2.75) is 0 Å². The molecule has 0 saturated heterocycles. The fourth-order valence-corrected chi connectivity index (χ4v) is 0.928. The van der Waals surface area contributed by atoms with Gasteiger partial charge in [0, 0.05) is 14.1 Å². The number of esters is 1. The van der Waals surface area contributed by atoms with Crippen molar-refractivity contribution in [3.8, 4) is 0 Å². The molecular formula is C9H13N6O4. The second-order valence-electron chi connectivity index (χ2n) is 3.48. The number of carbonyl (C=O) groups is 3. The minimum absolute atomic E-state index is 0.0569. The fraction of sp³-hybridized carbons (Fsp3) is 0.333. The summed E-state index contributed by atoms with van der Waals surface area (Å²) < 4.78 is 4.30. The predicted molar refractivity (Wildman–Crippen MR) is 64.3 cm³/mol. The van der Waals surface area contributed by atoms with E-state index in [1.165, 1.54) is 12.0 Å². The van der Waals surface area contributed by atoms with E-state index in [1.54, 1.807) is 14.1 Å². The molecule has 1 radical (unpaired) electrons. The lowest BCUT2D eigenvalue weighted by atomic mass is 10.5. The van der Waals surface area contributed by atoms with E-state index in [0.29, 0.717) is 0 Å². The average molecular weight is 269 g/mol. The van der Waals surface area contributed by atoms with E-state index in [2.05, 4.69) is 31.1 Å². The Morgan fingerprint density at radius 3 is 2.26 bits per heavy atom. The van der Waals surface area contributed by atoms with Crippen LogP contribution in [0.4, 0.5) is 0 Å². The summed E-state index contributed by atoms with van der Waals surface area (Å²) in [5.74, 6) is -2.09. The standard InChI is InChI=1S/C9H13N6O4/c1-15(2)9(18)7-13-11-6(12-14-7)8(17)10-4-5(16)19-3/h4H,1-3H3,(H,10,17)(H,11,12)(H,13,14). The molecule has 1 rings (SSSR count). The van der Waals surface area contributed by atoms with E-state index in [9.17, 15) is 14.4 Å². The van der Waals surface area contributed by atoms with Gasteiger partial charge in [-0.05, 0) is 0 Å². The van der Waals surface area contributed by atoms with Gasteiger partial charge in [-0.2, -0.15) is 0 Å². The van der Waals surface area contributed by atoms with Crippen LogP contribution in [0.15, 0.2) is 10.2 Å². The molecule has 0 bridgehead atoms. The molecule has 19 heavy (non-hydrogen) atoms. The molecule has 1 heterocycles. The maximum Gasteiger partial charge on any atom is 0.331 e. The van der Waals surface area contributed by atoms with Gasteiger partial charge in [-0.3, -0.25) is 20.4 Å². The van der Waals surface area contributed by atoms with Crippen molar-refractivity contribution in [1.29, 1.82) is 0 Å². The van der Waals surface area contributed by atoms with Gasteiger partial charge in [0.25, 0.3) is 11.8 Å². The number of hydrogen-bond donors (Lipinski definition) is 3. The largest absolute Gasteiger partial charge is 0.467 e. The highest BCUT2D eigenvalue weighted by molar-refractivity contribution is 6.42. The monoisotopic (exact) mass is 269 g/mol. The number of hydrogen-bond acceptors (Lipinski definition) is 8. The maximum absolute atomic E-state index is 11.5. The van der Waals surface area contributed by atoms with Crippen LogP contribution in [0.3, 0.4) is 0 Å². The van der Waals surface area contributed by atoms with Crippen LogP contribution >= 0.6 is 0 Å². The topological polar surface area (TPSA) is 124 Å². The van der Waals surface area contributed by atoms with Crippen molar-refractivity contribution < 1.29 is 19.1 Å². The molecule has 0 aromatic heterocycles. The lowest BCUT2D eigenvalue weighted by molar-refractivity contribution is -0.137. The molecule has 1 aliphatic rings. The van der Waals surface area contributed by atoms with Crippen molar-refractivity contribution >= 4 is 29.5 Å². The number of carbonyl (C=O) groups excluding carboxylic acids is 3. The van der Waals surface area contributed by atoms with Crippen molar-refractivity contribution in [1.82, 2.24) is 21.1 Å². The van der Waals surface area contributed by atoms with Gasteiger partial charge in [0.15, 0.2) is 6.54 Å². The minimum Gasteiger partial charge on any atom is -0.467 e. The van der Waals surface area contributed by atoms with Gasteiger partial charge in [0.1, 0.15) is 0 Å². The minimum atomic E-state index is -0.718. The van der Waals surface area contributed by atoms with Crippen LogP contribution in [-0.2, 0) is 19.1 Å². The first kappa shape index (κ1) is 14.4. The van der Waals surface area contributed by atoms with Crippen LogP contribution < -0.4 is 16.2 Å². The first-order chi connectivity index (χ1) is 8.95. The van der Waals surface area contributed by atoms with Gasteiger partial charge in [-0.15, -0.1) is 10.2 Å². The molecule has 0 aliphatic carbocycles. The van der Waals surface area contributed by atoms with Crippen LogP contribution in [0.25, 0.3) is 0 Å². The predicted octanol–water partition coefficient (Wildman–Crippen LogP) is -2.65. The van der Waals surface area contributed by atoms with E-state index in [0.717, 1.165) is 6.54 Å². The van der Waals surface area contributed by atoms with Crippen LogP contribution in [0.2, 0.25) is 0 Å². The number of ether oxygens (including phenoxy) is 1. The summed E-state index contributed by atoms with van der Waals surface area (Å²) in [7, 11) is 4.26. The van der Waals surface area contributed by atoms with E-state index < -0.39 is 17.8 Å². The Balaban J connectivity index is 2.50. The summed E-state index contributed by atoms with van der Waals surface area (Å²) in [6.07, 6.45) is 0. The number of rotatable bonds is 4. The Bertz CT molecular complexity index is 456. The zero-order valence-electron chi connectivity index (χ0n) is 10.6. The Morgan fingerprint density at radius 1 is 1.21 bits per heavy atom. The smallest absolute Gasteiger partial charge is 0.331 e. The molecule has 2 amide bonds. The third-order valence-electron chi connectivity index (χ3n) is 1.89. The highest BCUT2D eigenvalue weighted by Crippen LogP contribution is 1.89. The van der Waals surface area contributed by atoms with Crippen molar-refractivity contribution in [3.05, 3.63) is 6.54 Å². The summed E-state index contributed by atoms with van der Waals surface area (Å²) in [6.45, 7) is 0.830. The number of amides is 2. The van der Waals surface area contributed by atoms with Crippen molar-refractivity contribution in [2.75, 3.05) is 21.2 Å². The van der Waals surface area contributed by atoms with Crippen LogP contribution in [0.1, 0.15) is 0 Å². The third kappa shape index (κ3) is 3.94. The molecule has 103 valence electrons. The Morgan fingerprint density at radius 2 is 1.79 bits per heavy atom. The Kier molecular flexibility index (Phi) is 4.80. The number of nitrogens with zero attached hydrogens (tertiary/aromatic N) is 3. The van der Waals surface area contributed by atoms with Gasteiger partial charge in [0.05, 0.1) is 7.11 Å². The number of likely N-dealkylation sites (N-methyl/N-ethyl adjacent to an activating group) is 1. The normalized spacial score (nSPS) is 13.2. The van der Waals surface area contributed by atoms with Gasteiger partial charge >= 0.3 is 5.97 Å². The Hall–Kier alpha value is -2.65. The zero-order chi connectivity index (χ0) is 14.4. The quantitative estimate of drug-likeness (QED) is 0.479. The SMILES string of the molecule is COC(=O)[CH]NC(=O)C1=NNC(C(=O)N(C)C)=NN1. The van der Waals surface area contributed by atoms with Crippen LogP contribution in [-0.4, -0.2) is 55.6 Å². The lowest BCUT2D eigenvalue weighted by Gasteiger charge is -2.16. The molecule has 3 N–H and O–H groups in total. The van der Waals surface area contributed by atoms with Gasteiger partial charge in [-0.1, -0.05) is 0 Å². The van der Waals surface area contributed by atoms with Crippen LogP contribution in [0.5, 0.6) is 0 Å². The van der Waals surface area contributed by atoms with E-state index in [1.807, 2.05) is 0 Å². The fourth-order valence-electron chi connectivity index (χ4n) is 0.928. The molecule has 0 saturated carbocycles. The molecule has 10 heteroatoms. The van der Waals surface area contributed by atoms with Crippen molar-refractivity contribution in [3.63, 3.8) is 0 Å². The summed E-state index contributed by atoms with van der Waals surface area (Å²) in [5, 5.41) is 9.39. The molecule has 1 aliphatic heterocycles. The van der Waals surface area contributed by atoms with E-state index in [4.69, 9.17) is 0 Å². The lowest BCUT2D eigenvalue weighted by Crippen LogP contribution is -2.47. The summed E-state index contributed by atoms with van der Waals surface area (Å²) in [6, 6.07) is 0. The van der Waals surface area contributed by atoms with Gasteiger partial charge in [-0.25, -0.2) is 4.79 Å². The molecule has 0 spiro atoms. The van der Waals surface area contributed by atoms with Gasteiger partial charge < -0.3 is 15.0 Å². The maximum atomic E-state index is 11.5. The second-order valence-corrected chi connectivity index (χ2v) is 3.48. The molecule has 0 fully saturated rings. The van der Waals surface area contributed by atoms with Crippen LogP contribution in [0, 0.1) is 6.54 Å². The Labute approximate surface area is 108 Å². The number of methoxy groups -OCH3 is 1.